The van der Waals surface area contributed by atoms with Gasteiger partial charge >= 0.3 is 0 Å². The second-order valence-corrected chi connectivity index (χ2v) is 4.61. The van der Waals surface area contributed by atoms with Gasteiger partial charge in [0, 0.05) is 18.1 Å². The molecule has 0 aromatic heterocycles. The third-order valence-electron chi connectivity index (χ3n) is 2.41. The van der Waals surface area contributed by atoms with Crippen molar-refractivity contribution in [1.29, 1.82) is 0 Å². The van der Waals surface area contributed by atoms with Crippen molar-refractivity contribution < 1.29 is 0 Å². The van der Waals surface area contributed by atoms with E-state index in [4.69, 9.17) is 17.3 Å². The zero-order chi connectivity index (χ0) is 11.1. The minimum Gasteiger partial charge on any atom is -0.327 e. The molecule has 1 atom stereocenters. The van der Waals surface area contributed by atoms with Gasteiger partial charge in [-0.3, -0.25) is 0 Å². The van der Waals surface area contributed by atoms with Crippen molar-refractivity contribution in [1.82, 2.24) is 4.90 Å². The average Bonchev–Trinajstić information content (AvgIpc) is 2.13. The second kappa shape index (κ2) is 7.27. The van der Waals surface area contributed by atoms with Crippen LogP contribution in [0.3, 0.4) is 0 Å². The van der Waals surface area contributed by atoms with Gasteiger partial charge in [-0.05, 0) is 38.4 Å². The molecule has 0 aliphatic rings. The van der Waals surface area contributed by atoms with E-state index in [1.165, 1.54) is 5.57 Å². The predicted octanol–water partition coefficient (Wildman–Crippen LogP) is 2.43. The molecular weight excluding hydrogens is 196 g/mol. The summed E-state index contributed by atoms with van der Waals surface area (Å²) >= 11 is 5.60. The van der Waals surface area contributed by atoms with Gasteiger partial charge in [-0.15, -0.1) is 0 Å². The summed E-state index contributed by atoms with van der Waals surface area (Å²) < 4.78 is 0. The maximum absolute atomic E-state index is 5.96. The van der Waals surface area contributed by atoms with E-state index >= 15 is 0 Å². The monoisotopic (exact) mass is 218 g/mol. The molecule has 0 rings (SSSR count). The summed E-state index contributed by atoms with van der Waals surface area (Å²) in [7, 11) is 2.09. The first-order chi connectivity index (χ1) is 6.47. The Hall–Kier alpha value is -0.0500. The van der Waals surface area contributed by atoms with Crippen LogP contribution in [0, 0.1) is 5.92 Å². The van der Waals surface area contributed by atoms with Gasteiger partial charge in [0.2, 0.25) is 0 Å². The van der Waals surface area contributed by atoms with Gasteiger partial charge in [-0.25, -0.2) is 0 Å². The molecule has 0 aliphatic heterocycles. The van der Waals surface area contributed by atoms with Crippen LogP contribution in [-0.4, -0.2) is 31.1 Å². The van der Waals surface area contributed by atoms with Gasteiger partial charge in [-0.1, -0.05) is 25.4 Å². The number of rotatable bonds is 6. The summed E-state index contributed by atoms with van der Waals surface area (Å²) in [6.07, 6.45) is 1.05. The normalized spacial score (nSPS) is 15.3. The highest BCUT2D eigenvalue weighted by Gasteiger charge is 2.08. The number of likely N-dealkylation sites (N-methyl/N-ethyl adjacent to an activating group) is 1. The fraction of sp³-hybridized carbons (Fsp3) is 0.818. The summed E-state index contributed by atoms with van der Waals surface area (Å²) in [6, 6.07) is 0.303. The summed E-state index contributed by atoms with van der Waals surface area (Å²) in [4.78, 5) is 2.25. The molecule has 1 unspecified atom stereocenters. The number of hydrogen-bond acceptors (Lipinski definition) is 2. The topological polar surface area (TPSA) is 29.3 Å². The van der Waals surface area contributed by atoms with Crippen molar-refractivity contribution in [2.45, 2.75) is 33.2 Å². The lowest BCUT2D eigenvalue weighted by molar-refractivity contribution is 0.323. The Morgan fingerprint density at radius 2 is 2.07 bits per heavy atom. The number of halogens is 1. The summed E-state index contributed by atoms with van der Waals surface area (Å²) in [6.45, 7) is 8.31. The Morgan fingerprint density at radius 3 is 2.50 bits per heavy atom. The van der Waals surface area contributed by atoms with Gasteiger partial charge in [0.15, 0.2) is 0 Å². The summed E-state index contributed by atoms with van der Waals surface area (Å²) in [5, 5.41) is 0. The van der Waals surface area contributed by atoms with Crippen molar-refractivity contribution in [2.24, 2.45) is 11.7 Å². The van der Waals surface area contributed by atoms with Crippen LogP contribution in [-0.2, 0) is 0 Å². The first-order valence-electron chi connectivity index (χ1n) is 5.17. The average molecular weight is 219 g/mol. The lowest BCUT2D eigenvalue weighted by atomic mass is 10.0. The minimum atomic E-state index is 0.303. The third-order valence-corrected chi connectivity index (χ3v) is 2.78. The van der Waals surface area contributed by atoms with Crippen molar-refractivity contribution >= 4 is 11.6 Å². The minimum absolute atomic E-state index is 0.303. The summed E-state index contributed by atoms with van der Waals surface area (Å²) in [5.74, 6) is 0.563. The molecular formula is C11H23ClN2. The SMILES string of the molecule is CC(=CCl)CN(C)CCC(N)C(C)C. The van der Waals surface area contributed by atoms with E-state index in [1.807, 2.05) is 6.92 Å². The quantitative estimate of drug-likeness (QED) is 0.742. The molecule has 3 heteroatoms. The first kappa shape index (κ1) is 13.9. The molecule has 0 spiro atoms. The molecule has 2 N–H and O–H groups in total. The van der Waals surface area contributed by atoms with Crippen molar-refractivity contribution in [3.63, 3.8) is 0 Å². The summed E-state index contributed by atoms with van der Waals surface area (Å²) in [5.41, 5.74) is 8.79. The van der Waals surface area contributed by atoms with Gasteiger partial charge in [-0.2, -0.15) is 0 Å². The third kappa shape index (κ3) is 6.41. The van der Waals surface area contributed by atoms with E-state index in [0.717, 1.165) is 19.5 Å². The van der Waals surface area contributed by atoms with Crippen LogP contribution in [0.25, 0.3) is 0 Å². The van der Waals surface area contributed by atoms with Crippen LogP contribution in [0.4, 0.5) is 0 Å². The fourth-order valence-corrected chi connectivity index (χ4v) is 1.31. The molecule has 14 heavy (non-hydrogen) atoms. The largest absolute Gasteiger partial charge is 0.327 e. The molecule has 0 amide bonds. The van der Waals surface area contributed by atoms with Crippen LogP contribution in [0.2, 0.25) is 0 Å². The van der Waals surface area contributed by atoms with Crippen molar-refractivity contribution in [2.75, 3.05) is 20.1 Å². The molecule has 0 bridgehead atoms. The lowest BCUT2D eigenvalue weighted by Gasteiger charge is -2.21. The number of nitrogens with zero attached hydrogens (tertiary/aromatic N) is 1. The Morgan fingerprint density at radius 1 is 1.50 bits per heavy atom. The van der Waals surface area contributed by atoms with Crippen molar-refractivity contribution in [3.05, 3.63) is 11.1 Å². The van der Waals surface area contributed by atoms with Gasteiger partial charge in [0.25, 0.3) is 0 Å². The number of nitrogens with two attached hydrogens (primary N) is 1. The van der Waals surface area contributed by atoms with E-state index in [0.29, 0.717) is 12.0 Å². The highest BCUT2D eigenvalue weighted by atomic mass is 35.5. The molecule has 0 aliphatic carbocycles. The highest BCUT2D eigenvalue weighted by molar-refractivity contribution is 6.25. The van der Waals surface area contributed by atoms with Crippen LogP contribution >= 0.6 is 11.6 Å². The molecule has 0 aromatic carbocycles. The number of hydrogen-bond donors (Lipinski definition) is 1. The van der Waals surface area contributed by atoms with E-state index < -0.39 is 0 Å². The van der Waals surface area contributed by atoms with Gasteiger partial charge < -0.3 is 10.6 Å². The molecule has 84 valence electrons. The standard InChI is InChI=1S/C11H23ClN2/c1-9(2)11(13)5-6-14(4)8-10(3)7-12/h7,9,11H,5-6,8,13H2,1-4H3. The van der Waals surface area contributed by atoms with E-state index in [2.05, 4.69) is 25.8 Å². The van der Waals surface area contributed by atoms with E-state index in [9.17, 15) is 0 Å². The lowest BCUT2D eigenvalue weighted by Crippen LogP contribution is -2.32. The Bertz CT molecular complexity index is 178. The van der Waals surface area contributed by atoms with Crippen LogP contribution in [0.15, 0.2) is 11.1 Å². The first-order valence-corrected chi connectivity index (χ1v) is 5.61. The zero-order valence-corrected chi connectivity index (χ0v) is 10.5. The molecule has 2 nitrogen and oxygen atoms in total. The molecule has 0 radical (unpaired) electrons. The van der Waals surface area contributed by atoms with Gasteiger partial charge in [0.1, 0.15) is 0 Å². The molecule has 0 saturated carbocycles. The molecule has 0 aromatic rings. The Balaban J connectivity index is 3.69. The molecule has 0 saturated heterocycles. The van der Waals surface area contributed by atoms with E-state index in [1.54, 1.807) is 5.54 Å². The maximum Gasteiger partial charge on any atom is 0.0198 e. The Labute approximate surface area is 93.1 Å². The maximum atomic E-state index is 5.96. The highest BCUT2D eigenvalue weighted by Crippen LogP contribution is 2.05. The van der Waals surface area contributed by atoms with Crippen LogP contribution < -0.4 is 5.73 Å². The smallest absolute Gasteiger partial charge is 0.0198 e. The fourth-order valence-electron chi connectivity index (χ4n) is 1.24. The van der Waals surface area contributed by atoms with Crippen molar-refractivity contribution in [3.8, 4) is 0 Å². The van der Waals surface area contributed by atoms with Crippen LogP contribution in [0.5, 0.6) is 0 Å². The zero-order valence-electron chi connectivity index (χ0n) is 9.76. The second-order valence-electron chi connectivity index (χ2n) is 4.39. The Kier molecular flexibility index (Phi) is 7.24. The molecule has 0 heterocycles. The van der Waals surface area contributed by atoms with Crippen LogP contribution in [0.1, 0.15) is 27.2 Å². The van der Waals surface area contributed by atoms with Gasteiger partial charge in [0.05, 0.1) is 0 Å². The predicted molar refractivity (Wildman–Crippen MR) is 64.5 cm³/mol. The van der Waals surface area contributed by atoms with E-state index in [-0.39, 0.29) is 0 Å². The molecule has 0 fully saturated rings.